The van der Waals surface area contributed by atoms with Gasteiger partial charge in [0.25, 0.3) is 0 Å². The first kappa shape index (κ1) is 17.5. The molecule has 1 aromatic carbocycles. The summed E-state index contributed by atoms with van der Waals surface area (Å²) in [7, 11) is 0. The Balaban J connectivity index is 1.37. The number of carbonyl (C=O) groups is 1. The van der Waals surface area contributed by atoms with E-state index in [1.54, 1.807) is 11.3 Å². The standard InChI is InChI=1S/C19H23ClN2OS/c20-18-4-2-1-3-17(18)11-19(23)21-12-15-5-8-22(9-6-15)13-16-7-10-24-14-16/h1-4,7,10,14-15H,5-6,8-9,11-13H2,(H,21,23). The second-order valence-corrected chi connectivity index (χ2v) is 7.61. The molecule has 1 aliphatic rings. The molecule has 1 N–H and O–H groups in total. The Morgan fingerprint density at radius 3 is 2.75 bits per heavy atom. The van der Waals surface area contributed by atoms with E-state index in [9.17, 15) is 4.79 Å². The Kier molecular flexibility index (Phi) is 6.30. The molecule has 5 heteroatoms. The number of amides is 1. The van der Waals surface area contributed by atoms with Crippen LogP contribution in [0.5, 0.6) is 0 Å². The summed E-state index contributed by atoms with van der Waals surface area (Å²) in [5.74, 6) is 0.641. The zero-order valence-electron chi connectivity index (χ0n) is 13.7. The van der Waals surface area contributed by atoms with E-state index in [2.05, 4.69) is 27.0 Å². The second kappa shape index (κ2) is 8.65. The minimum absolute atomic E-state index is 0.0591. The molecular weight excluding hydrogens is 340 g/mol. The number of hydrogen-bond acceptors (Lipinski definition) is 3. The van der Waals surface area contributed by atoms with Crippen LogP contribution in [0, 0.1) is 5.92 Å². The summed E-state index contributed by atoms with van der Waals surface area (Å²) in [5, 5.41) is 8.09. The Labute approximate surface area is 152 Å². The molecule has 0 bridgehead atoms. The maximum atomic E-state index is 12.1. The Hall–Kier alpha value is -1.36. The van der Waals surface area contributed by atoms with E-state index in [1.165, 1.54) is 5.56 Å². The lowest BCUT2D eigenvalue weighted by molar-refractivity contribution is -0.120. The number of thiophene rings is 1. The number of rotatable bonds is 6. The molecule has 1 aliphatic heterocycles. The molecule has 3 rings (SSSR count). The first-order valence-electron chi connectivity index (χ1n) is 8.44. The molecule has 0 radical (unpaired) electrons. The third-order valence-corrected chi connectivity index (χ3v) is 5.69. The van der Waals surface area contributed by atoms with Gasteiger partial charge in [0.2, 0.25) is 5.91 Å². The van der Waals surface area contributed by atoms with Crippen LogP contribution in [0.1, 0.15) is 24.0 Å². The molecule has 0 spiro atoms. The van der Waals surface area contributed by atoms with Crippen molar-refractivity contribution in [3.63, 3.8) is 0 Å². The van der Waals surface area contributed by atoms with Gasteiger partial charge in [0.1, 0.15) is 0 Å². The van der Waals surface area contributed by atoms with Crippen molar-refractivity contribution in [2.75, 3.05) is 19.6 Å². The average molecular weight is 363 g/mol. The Morgan fingerprint density at radius 2 is 2.04 bits per heavy atom. The van der Waals surface area contributed by atoms with Gasteiger partial charge >= 0.3 is 0 Å². The van der Waals surface area contributed by atoms with E-state index < -0.39 is 0 Å². The van der Waals surface area contributed by atoms with Crippen molar-refractivity contribution in [2.45, 2.75) is 25.8 Å². The van der Waals surface area contributed by atoms with Crippen molar-refractivity contribution in [2.24, 2.45) is 5.92 Å². The highest BCUT2D eigenvalue weighted by atomic mass is 35.5. The van der Waals surface area contributed by atoms with Crippen LogP contribution in [0.15, 0.2) is 41.1 Å². The Morgan fingerprint density at radius 1 is 1.25 bits per heavy atom. The topological polar surface area (TPSA) is 32.3 Å². The molecule has 0 aliphatic carbocycles. The number of benzene rings is 1. The van der Waals surface area contributed by atoms with Crippen LogP contribution in [0.4, 0.5) is 0 Å². The van der Waals surface area contributed by atoms with E-state index in [4.69, 9.17) is 11.6 Å². The van der Waals surface area contributed by atoms with Crippen molar-refractivity contribution < 1.29 is 4.79 Å². The van der Waals surface area contributed by atoms with Gasteiger partial charge in [-0.05, 0) is 65.9 Å². The first-order valence-corrected chi connectivity index (χ1v) is 9.76. The van der Waals surface area contributed by atoms with E-state index in [0.717, 1.165) is 44.6 Å². The highest BCUT2D eigenvalue weighted by Crippen LogP contribution is 2.20. The van der Waals surface area contributed by atoms with Crippen LogP contribution >= 0.6 is 22.9 Å². The summed E-state index contributed by atoms with van der Waals surface area (Å²) in [4.78, 5) is 14.6. The molecule has 0 unspecified atom stereocenters. The van der Waals surface area contributed by atoms with Crippen LogP contribution in [0.25, 0.3) is 0 Å². The number of carbonyl (C=O) groups excluding carboxylic acids is 1. The molecule has 1 saturated heterocycles. The number of nitrogens with zero attached hydrogens (tertiary/aromatic N) is 1. The maximum absolute atomic E-state index is 12.1. The zero-order chi connectivity index (χ0) is 16.8. The molecule has 2 heterocycles. The van der Waals surface area contributed by atoms with Gasteiger partial charge in [-0.25, -0.2) is 0 Å². The molecule has 128 valence electrons. The van der Waals surface area contributed by atoms with Crippen molar-refractivity contribution in [3.05, 3.63) is 57.2 Å². The molecule has 0 atom stereocenters. The lowest BCUT2D eigenvalue weighted by Gasteiger charge is -2.31. The number of likely N-dealkylation sites (tertiary alicyclic amines) is 1. The van der Waals surface area contributed by atoms with Crippen molar-refractivity contribution in [1.29, 1.82) is 0 Å². The lowest BCUT2D eigenvalue weighted by atomic mass is 9.96. The summed E-state index contributed by atoms with van der Waals surface area (Å²) in [5.41, 5.74) is 2.30. The number of hydrogen-bond donors (Lipinski definition) is 1. The number of halogens is 1. The summed E-state index contributed by atoms with van der Waals surface area (Å²) in [6.07, 6.45) is 2.66. The molecule has 1 aromatic heterocycles. The normalized spacial score (nSPS) is 16.2. The molecule has 2 aromatic rings. The molecule has 1 amide bonds. The molecule has 3 nitrogen and oxygen atoms in total. The quantitative estimate of drug-likeness (QED) is 0.843. The summed E-state index contributed by atoms with van der Waals surface area (Å²) >= 11 is 7.86. The zero-order valence-corrected chi connectivity index (χ0v) is 15.3. The fourth-order valence-corrected chi connectivity index (χ4v) is 3.99. The van der Waals surface area contributed by atoms with Crippen LogP contribution < -0.4 is 5.32 Å². The van der Waals surface area contributed by atoms with Gasteiger partial charge in [-0.3, -0.25) is 9.69 Å². The van der Waals surface area contributed by atoms with Gasteiger partial charge in [0, 0.05) is 18.1 Å². The third-order valence-electron chi connectivity index (χ3n) is 4.59. The van der Waals surface area contributed by atoms with E-state index in [1.807, 2.05) is 24.3 Å². The summed E-state index contributed by atoms with van der Waals surface area (Å²) in [6.45, 7) is 4.05. The van der Waals surface area contributed by atoms with E-state index >= 15 is 0 Å². The van der Waals surface area contributed by atoms with Crippen molar-refractivity contribution >= 4 is 28.8 Å². The van der Waals surface area contributed by atoms with Crippen LogP contribution in [-0.4, -0.2) is 30.4 Å². The van der Waals surface area contributed by atoms with Crippen LogP contribution in [-0.2, 0) is 17.8 Å². The highest BCUT2D eigenvalue weighted by molar-refractivity contribution is 7.07. The largest absolute Gasteiger partial charge is 0.356 e. The minimum atomic E-state index is 0.0591. The van der Waals surface area contributed by atoms with Gasteiger partial charge in [0.15, 0.2) is 0 Å². The van der Waals surface area contributed by atoms with Crippen molar-refractivity contribution in [1.82, 2.24) is 10.2 Å². The monoisotopic (exact) mass is 362 g/mol. The predicted octanol–water partition coefficient (Wildman–Crippen LogP) is 3.97. The predicted molar refractivity (Wildman–Crippen MR) is 100 cm³/mol. The lowest BCUT2D eigenvalue weighted by Crippen LogP contribution is -2.38. The fourth-order valence-electron chi connectivity index (χ4n) is 3.12. The third kappa shape index (κ3) is 5.07. The van der Waals surface area contributed by atoms with Gasteiger partial charge in [-0.15, -0.1) is 0 Å². The van der Waals surface area contributed by atoms with Gasteiger partial charge in [0.05, 0.1) is 6.42 Å². The number of piperidine rings is 1. The van der Waals surface area contributed by atoms with E-state index in [-0.39, 0.29) is 5.91 Å². The van der Waals surface area contributed by atoms with E-state index in [0.29, 0.717) is 17.4 Å². The van der Waals surface area contributed by atoms with Gasteiger partial charge < -0.3 is 5.32 Å². The molecule has 24 heavy (non-hydrogen) atoms. The molecule has 0 saturated carbocycles. The highest BCUT2D eigenvalue weighted by Gasteiger charge is 2.20. The summed E-state index contributed by atoms with van der Waals surface area (Å²) in [6, 6.07) is 9.73. The molecule has 1 fully saturated rings. The average Bonchev–Trinajstić information content (AvgIpc) is 3.09. The molecular formula is C19H23ClN2OS. The van der Waals surface area contributed by atoms with Gasteiger partial charge in [-0.2, -0.15) is 11.3 Å². The second-order valence-electron chi connectivity index (χ2n) is 6.42. The Bertz CT molecular complexity index is 651. The first-order chi connectivity index (χ1) is 11.7. The fraction of sp³-hybridized carbons (Fsp3) is 0.421. The van der Waals surface area contributed by atoms with Crippen molar-refractivity contribution in [3.8, 4) is 0 Å². The minimum Gasteiger partial charge on any atom is -0.356 e. The van der Waals surface area contributed by atoms with Gasteiger partial charge in [-0.1, -0.05) is 29.8 Å². The summed E-state index contributed by atoms with van der Waals surface area (Å²) < 4.78 is 0. The smallest absolute Gasteiger partial charge is 0.224 e. The van der Waals surface area contributed by atoms with Crippen LogP contribution in [0.2, 0.25) is 5.02 Å². The maximum Gasteiger partial charge on any atom is 0.224 e. The van der Waals surface area contributed by atoms with Crippen LogP contribution in [0.3, 0.4) is 0 Å². The number of nitrogens with one attached hydrogen (secondary N) is 1. The SMILES string of the molecule is O=C(Cc1ccccc1Cl)NCC1CCN(Cc2ccsc2)CC1.